The highest BCUT2D eigenvalue weighted by Gasteiger charge is 2.07. The third-order valence-corrected chi connectivity index (χ3v) is 4.05. The maximum atomic E-state index is 9.57. The zero-order valence-electron chi connectivity index (χ0n) is 14.3. The van der Waals surface area contributed by atoms with Crippen LogP contribution in [0.3, 0.4) is 0 Å². The van der Waals surface area contributed by atoms with E-state index in [1.165, 1.54) is 0 Å². The lowest BCUT2D eigenvalue weighted by atomic mass is 9.95. The second-order valence-electron chi connectivity index (χ2n) is 6.14. The molecule has 3 rings (SSSR count). The van der Waals surface area contributed by atoms with Gasteiger partial charge in [0.15, 0.2) is 0 Å². The monoisotopic (exact) mass is 331 g/mol. The highest BCUT2D eigenvalue weighted by molar-refractivity contribution is 5.92. The molecule has 3 nitrogen and oxygen atoms in total. The minimum atomic E-state index is 0.239. The zero-order valence-corrected chi connectivity index (χ0v) is 14.3. The molecule has 0 unspecified atom stereocenters. The first-order chi connectivity index (χ1) is 12.0. The fourth-order valence-electron chi connectivity index (χ4n) is 2.67. The summed E-state index contributed by atoms with van der Waals surface area (Å²) >= 11 is 0. The molecular formula is C22H21NO2. The van der Waals surface area contributed by atoms with Crippen LogP contribution >= 0.6 is 0 Å². The molecule has 0 radical (unpaired) electrons. The molecule has 0 bridgehead atoms. The second kappa shape index (κ2) is 7.14. The molecule has 126 valence electrons. The first-order valence-corrected chi connectivity index (χ1v) is 8.11. The van der Waals surface area contributed by atoms with Crippen molar-refractivity contribution in [3.63, 3.8) is 0 Å². The van der Waals surface area contributed by atoms with Crippen molar-refractivity contribution in [3.05, 3.63) is 89.5 Å². The predicted octanol–water partition coefficient (Wildman–Crippen LogP) is 4.75. The maximum Gasteiger partial charge on any atom is 0.115 e. The van der Waals surface area contributed by atoms with Crippen LogP contribution in [0.15, 0.2) is 72.8 Å². The normalized spacial score (nSPS) is 10.3. The Morgan fingerprint density at radius 3 is 1.76 bits per heavy atom. The van der Waals surface area contributed by atoms with Gasteiger partial charge in [0.2, 0.25) is 0 Å². The maximum absolute atomic E-state index is 9.57. The van der Waals surface area contributed by atoms with Gasteiger partial charge in [0, 0.05) is 19.8 Å². The Bertz CT molecular complexity index is 831. The molecule has 25 heavy (non-hydrogen) atoms. The third kappa shape index (κ3) is 4.01. The third-order valence-electron chi connectivity index (χ3n) is 4.05. The lowest BCUT2D eigenvalue weighted by Crippen LogP contribution is -2.08. The molecule has 3 heteroatoms. The van der Waals surface area contributed by atoms with Crippen LogP contribution in [-0.4, -0.2) is 24.3 Å². The lowest BCUT2D eigenvalue weighted by molar-refractivity contribution is 0.475. The van der Waals surface area contributed by atoms with E-state index < -0.39 is 0 Å². The molecule has 2 N–H and O–H groups in total. The minimum Gasteiger partial charge on any atom is -0.508 e. The van der Waals surface area contributed by atoms with Gasteiger partial charge >= 0.3 is 0 Å². The summed E-state index contributed by atoms with van der Waals surface area (Å²) in [5.74, 6) is 0.479. The molecule has 0 aliphatic heterocycles. The molecule has 0 fully saturated rings. The van der Waals surface area contributed by atoms with Gasteiger partial charge in [-0.3, -0.25) is 0 Å². The number of phenolic OH excluding ortho intramolecular Hbond substituents is 2. The second-order valence-corrected chi connectivity index (χ2v) is 6.14. The quantitative estimate of drug-likeness (QED) is 0.678. The summed E-state index contributed by atoms with van der Waals surface area (Å²) in [6.07, 6.45) is 2.12. The van der Waals surface area contributed by atoms with Gasteiger partial charge in [-0.1, -0.05) is 36.4 Å². The number of rotatable bonds is 4. The van der Waals surface area contributed by atoms with E-state index in [9.17, 15) is 10.2 Å². The summed E-state index contributed by atoms with van der Waals surface area (Å²) in [7, 11) is 4.04. The molecule has 0 aliphatic rings. The van der Waals surface area contributed by atoms with Crippen molar-refractivity contribution in [3.8, 4) is 11.5 Å². The summed E-state index contributed by atoms with van der Waals surface area (Å²) < 4.78 is 0. The van der Waals surface area contributed by atoms with E-state index >= 15 is 0 Å². The van der Waals surface area contributed by atoms with Crippen molar-refractivity contribution in [1.82, 2.24) is 0 Å². The van der Waals surface area contributed by atoms with E-state index in [0.29, 0.717) is 0 Å². The van der Waals surface area contributed by atoms with Crippen molar-refractivity contribution >= 4 is 17.3 Å². The SMILES string of the molecule is CN(C)c1cccc(C=C(c2ccc(O)cc2)c2ccc(O)cc2)c1. The molecule has 0 heterocycles. The van der Waals surface area contributed by atoms with Crippen molar-refractivity contribution < 1.29 is 10.2 Å². The molecule has 0 saturated heterocycles. The Balaban J connectivity index is 2.11. The van der Waals surface area contributed by atoms with Crippen molar-refractivity contribution in [2.24, 2.45) is 0 Å². The van der Waals surface area contributed by atoms with Gasteiger partial charge in [0.1, 0.15) is 11.5 Å². The standard InChI is InChI=1S/C22H21NO2/c1-23(2)19-5-3-4-16(14-19)15-22(17-6-10-20(24)11-7-17)18-8-12-21(25)13-9-18/h3-15,24-25H,1-2H3. The number of hydrogen-bond acceptors (Lipinski definition) is 3. The van der Waals surface area contributed by atoms with Crippen LogP contribution in [0.4, 0.5) is 5.69 Å². The van der Waals surface area contributed by atoms with Gasteiger partial charge in [-0.25, -0.2) is 0 Å². The average molecular weight is 331 g/mol. The molecule has 0 amide bonds. The van der Waals surface area contributed by atoms with Gasteiger partial charge < -0.3 is 15.1 Å². The molecular weight excluding hydrogens is 310 g/mol. The summed E-state index contributed by atoms with van der Waals surface area (Å²) in [4.78, 5) is 2.07. The van der Waals surface area contributed by atoms with Crippen LogP contribution in [0.5, 0.6) is 11.5 Å². The highest BCUT2D eigenvalue weighted by Crippen LogP contribution is 2.29. The first kappa shape index (κ1) is 16.7. The fourth-order valence-corrected chi connectivity index (χ4v) is 2.67. The van der Waals surface area contributed by atoms with E-state index in [1.807, 2.05) is 44.4 Å². The molecule has 3 aromatic carbocycles. The van der Waals surface area contributed by atoms with E-state index in [-0.39, 0.29) is 11.5 Å². The smallest absolute Gasteiger partial charge is 0.115 e. The van der Waals surface area contributed by atoms with Crippen LogP contribution in [0.25, 0.3) is 11.6 Å². The molecule has 0 spiro atoms. The van der Waals surface area contributed by atoms with Crippen LogP contribution in [-0.2, 0) is 0 Å². The summed E-state index contributed by atoms with van der Waals surface area (Å²) in [5, 5.41) is 19.1. The molecule has 3 aromatic rings. The van der Waals surface area contributed by atoms with Gasteiger partial charge in [0.25, 0.3) is 0 Å². The van der Waals surface area contributed by atoms with E-state index in [1.54, 1.807) is 24.3 Å². The largest absolute Gasteiger partial charge is 0.508 e. The minimum absolute atomic E-state index is 0.239. The number of nitrogens with zero attached hydrogens (tertiary/aromatic N) is 1. The van der Waals surface area contributed by atoms with Gasteiger partial charge in [-0.2, -0.15) is 0 Å². The highest BCUT2D eigenvalue weighted by atomic mass is 16.3. The van der Waals surface area contributed by atoms with E-state index in [4.69, 9.17) is 0 Å². The predicted molar refractivity (Wildman–Crippen MR) is 104 cm³/mol. The van der Waals surface area contributed by atoms with E-state index in [0.717, 1.165) is 28.0 Å². The molecule has 0 atom stereocenters. The van der Waals surface area contributed by atoms with Gasteiger partial charge in [0.05, 0.1) is 0 Å². The van der Waals surface area contributed by atoms with Crippen LogP contribution in [0, 0.1) is 0 Å². The van der Waals surface area contributed by atoms with Gasteiger partial charge in [-0.05, 0) is 64.7 Å². The van der Waals surface area contributed by atoms with Gasteiger partial charge in [-0.15, -0.1) is 0 Å². The fraction of sp³-hybridized carbons (Fsp3) is 0.0909. The Hall–Kier alpha value is -3.20. The Labute approximate surface area is 148 Å². The average Bonchev–Trinajstić information content (AvgIpc) is 2.62. The number of benzene rings is 3. The molecule has 0 aromatic heterocycles. The topological polar surface area (TPSA) is 43.7 Å². The number of phenols is 2. The van der Waals surface area contributed by atoms with Crippen LogP contribution < -0.4 is 4.90 Å². The summed E-state index contributed by atoms with van der Waals surface area (Å²) in [6.45, 7) is 0. The van der Waals surface area contributed by atoms with Crippen LogP contribution in [0.1, 0.15) is 16.7 Å². The van der Waals surface area contributed by atoms with E-state index in [2.05, 4.69) is 29.2 Å². The van der Waals surface area contributed by atoms with Crippen molar-refractivity contribution in [2.75, 3.05) is 19.0 Å². The van der Waals surface area contributed by atoms with Crippen molar-refractivity contribution in [2.45, 2.75) is 0 Å². The van der Waals surface area contributed by atoms with Crippen molar-refractivity contribution in [1.29, 1.82) is 0 Å². The summed E-state index contributed by atoms with van der Waals surface area (Å²) in [6, 6.07) is 22.6. The molecule has 0 saturated carbocycles. The lowest BCUT2D eigenvalue weighted by Gasteiger charge is -2.14. The van der Waals surface area contributed by atoms with Crippen LogP contribution in [0.2, 0.25) is 0 Å². The number of hydrogen-bond donors (Lipinski definition) is 2. The Morgan fingerprint density at radius 1 is 0.760 bits per heavy atom. The first-order valence-electron chi connectivity index (χ1n) is 8.11. The zero-order chi connectivity index (χ0) is 17.8. The number of aromatic hydroxyl groups is 2. The summed E-state index contributed by atoms with van der Waals surface area (Å²) in [5.41, 5.74) is 5.24. The molecule has 0 aliphatic carbocycles. The Morgan fingerprint density at radius 2 is 1.28 bits per heavy atom. The Kier molecular flexibility index (Phi) is 4.75. The number of anilines is 1.